The second-order valence-electron chi connectivity index (χ2n) is 5.43. The number of aromatic nitrogens is 2. The fourth-order valence-corrected chi connectivity index (χ4v) is 3.35. The molecule has 0 aliphatic carbocycles. The van der Waals surface area contributed by atoms with Crippen LogP contribution in [0.4, 0.5) is 24.7 Å². The highest BCUT2D eigenvalue weighted by Gasteiger charge is 2.30. The SMILES string of the molecule is O=[PH](P)c1ccc(-c2cc(Nc3ccc(OC(F)(F)F)cc3)ncn2)cc1. The minimum atomic E-state index is -4.73. The number of alkyl halides is 3. The largest absolute Gasteiger partial charge is 0.573 e. The predicted molar refractivity (Wildman–Crippen MR) is 102 cm³/mol. The number of ether oxygens (including phenoxy) is 1. The Morgan fingerprint density at radius 3 is 2.26 bits per heavy atom. The van der Waals surface area contributed by atoms with Crippen molar-refractivity contribution in [1.82, 2.24) is 9.97 Å². The third-order valence-corrected chi connectivity index (χ3v) is 5.39. The lowest BCUT2D eigenvalue weighted by atomic mass is 10.1. The minimum Gasteiger partial charge on any atom is -0.406 e. The highest BCUT2D eigenvalue weighted by atomic mass is 32.0. The van der Waals surface area contributed by atoms with Crippen molar-refractivity contribution < 1.29 is 22.5 Å². The maximum absolute atomic E-state index is 12.2. The Morgan fingerprint density at radius 1 is 1.00 bits per heavy atom. The molecule has 2 unspecified atom stereocenters. The van der Waals surface area contributed by atoms with Crippen LogP contribution < -0.4 is 15.4 Å². The second-order valence-corrected chi connectivity index (χ2v) is 8.31. The van der Waals surface area contributed by atoms with Gasteiger partial charge in [0.1, 0.15) is 25.4 Å². The lowest BCUT2D eigenvalue weighted by molar-refractivity contribution is -0.274. The predicted octanol–water partition coefficient (Wildman–Crippen LogP) is 4.76. The first-order valence-electron chi connectivity index (χ1n) is 7.65. The van der Waals surface area contributed by atoms with Crippen LogP contribution in [0.2, 0.25) is 0 Å². The van der Waals surface area contributed by atoms with Crippen molar-refractivity contribution in [1.29, 1.82) is 0 Å². The third kappa shape index (κ3) is 5.52. The first-order chi connectivity index (χ1) is 12.8. The molecule has 1 aromatic heterocycles. The van der Waals surface area contributed by atoms with Crippen LogP contribution in [0.3, 0.4) is 0 Å². The molecular formula is C17H14F3N3O2P2. The molecule has 0 amide bonds. The fraction of sp³-hybridized carbons (Fsp3) is 0.0588. The molecule has 2 atom stereocenters. The molecule has 1 heterocycles. The molecule has 3 rings (SSSR count). The second kappa shape index (κ2) is 8.07. The molecule has 10 heteroatoms. The van der Waals surface area contributed by atoms with E-state index in [4.69, 9.17) is 0 Å². The monoisotopic (exact) mass is 411 g/mol. The smallest absolute Gasteiger partial charge is 0.406 e. The van der Waals surface area contributed by atoms with Crippen molar-refractivity contribution >= 4 is 33.2 Å². The van der Waals surface area contributed by atoms with Crippen LogP contribution in [0.5, 0.6) is 5.75 Å². The summed E-state index contributed by atoms with van der Waals surface area (Å²) in [4.78, 5) is 8.32. The summed E-state index contributed by atoms with van der Waals surface area (Å²) in [6.45, 7) is 0. The quantitative estimate of drug-likeness (QED) is 0.614. The Kier molecular flexibility index (Phi) is 5.78. The van der Waals surface area contributed by atoms with Crippen molar-refractivity contribution in [3.05, 3.63) is 60.9 Å². The first kappa shape index (κ1) is 19.3. The molecule has 2 aromatic carbocycles. The Hall–Kier alpha value is -2.43. The molecule has 0 saturated heterocycles. The molecule has 0 bridgehead atoms. The number of hydrogen-bond acceptors (Lipinski definition) is 5. The van der Waals surface area contributed by atoms with E-state index in [1.165, 1.54) is 30.6 Å². The standard InChI is InChI=1S/C17H14F3N3O2P2/c18-17(19,20)25-13-5-3-12(4-6-13)23-16-9-15(21-10-22-16)11-1-7-14(8-2-11)27(24)26/h1-10,27H,26H2,(H,21,22,23). The van der Waals surface area contributed by atoms with Crippen LogP contribution in [0.1, 0.15) is 0 Å². The molecule has 5 nitrogen and oxygen atoms in total. The van der Waals surface area contributed by atoms with Crippen molar-refractivity contribution in [2.75, 3.05) is 5.32 Å². The minimum absolute atomic E-state index is 0.301. The number of anilines is 2. The van der Waals surface area contributed by atoms with E-state index in [-0.39, 0.29) is 5.75 Å². The lowest BCUT2D eigenvalue weighted by Crippen LogP contribution is -2.16. The number of benzene rings is 2. The average molecular weight is 411 g/mol. The Balaban J connectivity index is 1.75. The first-order valence-corrected chi connectivity index (χ1v) is 10.9. The van der Waals surface area contributed by atoms with Gasteiger partial charge in [-0.15, -0.1) is 13.2 Å². The van der Waals surface area contributed by atoms with Gasteiger partial charge in [-0.25, -0.2) is 9.97 Å². The number of halogens is 3. The van der Waals surface area contributed by atoms with E-state index < -0.39 is 13.9 Å². The summed E-state index contributed by atoms with van der Waals surface area (Å²) in [6, 6.07) is 14.2. The Bertz CT molecular complexity index is 949. The van der Waals surface area contributed by atoms with E-state index in [1.807, 2.05) is 12.1 Å². The molecule has 0 saturated carbocycles. The summed E-state index contributed by atoms with van der Waals surface area (Å²) in [6.07, 6.45) is -3.35. The fourth-order valence-electron chi connectivity index (χ4n) is 2.28. The summed E-state index contributed by atoms with van der Waals surface area (Å²) in [7, 11) is 0.465. The Labute approximate surface area is 155 Å². The molecule has 3 aromatic rings. The average Bonchev–Trinajstić information content (AvgIpc) is 2.62. The van der Waals surface area contributed by atoms with E-state index in [2.05, 4.69) is 29.0 Å². The molecule has 0 aliphatic rings. The number of nitrogens with zero attached hydrogens (tertiary/aromatic N) is 2. The Morgan fingerprint density at radius 2 is 1.67 bits per heavy atom. The normalized spacial score (nSPS) is 12.4. The van der Waals surface area contributed by atoms with Crippen LogP contribution >= 0.6 is 16.4 Å². The molecule has 0 radical (unpaired) electrons. The van der Waals surface area contributed by atoms with Crippen molar-refractivity contribution in [2.45, 2.75) is 6.36 Å². The zero-order valence-electron chi connectivity index (χ0n) is 13.7. The van der Waals surface area contributed by atoms with Gasteiger partial charge in [0.05, 0.1) is 5.69 Å². The van der Waals surface area contributed by atoms with Crippen molar-refractivity contribution in [3.63, 3.8) is 0 Å². The van der Waals surface area contributed by atoms with Crippen LogP contribution in [0.25, 0.3) is 11.3 Å². The topological polar surface area (TPSA) is 64.1 Å². The number of rotatable bonds is 5. The van der Waals surface area contributed by atoms with Gasteiger partial charge in [0.25, 0.3) is 0 Å². The lowest BCUT2D eigenvalue weighted by Gasteiger charge is -2.10. The zero-order valence-corrected chi connectivity index (χ0v) is 15.9. The molecule has 0 spiro atoms. The van der Waals surface area contributed by atoms with Gasteiger partial charge in [-0.05, 0) is 24.3 Å². The molecule has 0 fully saturated rings. The maximum Gasteiger partial charge on any atom is 0.573 e. The molecule has 27 heavy (non-hydrogen) atoms. The van der Waals surface area contributed by atoms with Crippen LogP contribution in [0, 0.1) is 0 Å². The van der Waals surface area contributed by atoms with Crippen LogP contribution in [-0.4, -0.2) is 16.3 Å². The van der Waals surface area contributed by atoms with Gasteiger partial charge < -0.3 is 14.6 Å². The van der Waals surface area contributed by atoms with Gasteiger partial charge in [-0.2, -0.15) is 0 Å². The maximum atomic E-state index is 12.2. The number of hydrogen-bond donors (Lipinski definition) is 1. The van der Waals surface area contributed by atoms with Gasteiger partial charge in [0.2, 0.25) is 0 Å². The summed E-state index contributed by atoms with van der Waals surface area (Å²) >= 11 is 0. The number of nitrogens with one attached hydrogen (secondary N) is 1. The highest BCUT2D eigenvalue weighted by molar-refractivity contribution is 8.10. The van der Waals surface area contributed by atoms with Gasteiger partial charge in [-0.1, -0.05) is 33.2 Å². The van der Waals surface area contributed by atoms with Crippen LogP contribution in [0.15, 0.2) is 60.9 Å². The van der Waals surface area contributed by atoms with E-state index in [0.29, 0.717) is 17.2 Å². The van der Waals surface area contributed by atoms with Gasteiger partial charge >= 0.3 is 6.36 Å². The van der Waals surface area contributed by atoms with Gasteiger partial charge in [0.15, 0.2) is 0 Å². The molecule has 0 aliphatic heterocycles. The van der Waals surface area contributed by atoms with E-state index in [0.717, 1.165) is 10.9 Å². The zero-order chi connectivity index (χ0) is 19.4. The van der Waals surface area contributed by atoms with Gasteiger partial charge in [0, 0.05) is 22.6 Å². The van der Waals surface area contributed by atoms with Crippen LogP contribution in [-0.2, 0) is 4.57 Å². The van der Waals surface area contributed by atoms with Crippen molar-refractivity contribution in [3.8, 4) is 17.0 Å². The van der Waals surface area contributed by atoms with E-state index >= 15 is 0 Å². The van der Waals surface area contributed by atoms with Gasteiger partial charge in [-0.3, -0.25) is 0 Å². The van der Waals surface area contributed by atoms with Crippen molar-refractivity contribution in [2.24, 2.45) is 0 Å². The molecule has 1 N–H and O–H groups in total. The summed E-state index contributed by atoms with van der Waals surface area (Å²) < 4.78 is 51.9. The molecule has 140 valence electrons. The summed E-state index contributed by atoms with van der Waals surface area (Å²) in [5.74, 6) is 0.179. The highest BCUT2D eigenvalue weighted by Crippen LogP contribution is 2.30. The summed E-state index contributed by atoms with van der Waals surface area (Å²) in [5.41, 5.74) is 2.03. The van der Waals surface area contributed by atoms with E-state index in [1.54, 1.807) is 18.2 Å². The van der Waals surface area contributed by atoms with E-state index in [9.17, 15) is 17.7 Å². The summed E-state index contributed by atoms with van der Waals surface area (Å²) in [5, 5.41) is 3.75. The molecular weight excluding hydrogens is 397 g/mol. The third-order valence-electron chi connectivity index (χ3n) is 3.49.